The molecule has 0 fully saturated rings. The Morgan fingerprint density at radius 2 is 1.95 bits per heavy atom. The van der Waals surface area contributed by atoms with Gasteiger partial charge in [-0.2, -0.15) is 0 Å². The lowest BCUT2D eigenvalue weighted by molar-refractivity contribution is -0.116. The smallest absolute Gasteiger partial charge is 0.227 e. The maximum atomic E-state index is 13.1. The minimum Gasteiger partial charge on any atom is -0.493 e. The van der Waals surface area contributed by atoms with Gasteiger partial charge in [0.15, 0.2) is 0 Å². The quantitative estimate of drug-likeness (QED) is 0.808. The molecule has 2 aromatic carbocycles. The van der Waals surface area contributed by atoms with Gasteiger partial charge in [-0.25, -0.2) is 4.39 Å². The predicted octanol–water partition coefficient (Wildman–Crippen LogP) is 3.58. The van der Waals surface area contributed by atoms with Crippen molar-refractivity contribution in [2.45, 2.75) is 6.42 Å². The van der Waals surface area contributed by atoms with E-state index in [1.54, 1.807) is 30.3 Å². The van der Waals surface area contributed by atoms with Crippen LogP contribution in [0.5, 0.6) is 5.75 Å². The molecule has 0 unspecified atom stereocenters. The molecule has 0 atom stereocenters. The van der Waals surface area contributed by atoms with Gasteiger partial charge in [0.2, 0.25) is 5.91 Å². The molecular weight excluding hydrogens is 339 g/mol. The fourth-order valence-electron chi connectivity index (χ4n) is 1.66. The Labute approximate surface area is 130 Å². The van der Waals surface area contributed by atoms with Crippen LogP contribution in [-0.4, -0.2) is 12.5 Å². The van der Waals surface area contributed by atoms with E-state index in [4.69, 9.17) is 10.5 Å². The van der Waals surface area contributed by atoms with E-state index < -0.39 is 5.82 Å². The number of hydrogen-bond acceptors (Lipinski definition) is 3. The van der Waals surface area contributed by atoms with E-state index in [2.05, 4.69) is 21.2 Å². The molecule has 0 spiro atoms. The van der Waals surface area contributed by atoms with Gasteiger partial charge in [-0.15, -0.1) is 0 Å². The Morgan fingerprint density at radius 3 is 2.62 bits per heavy atom. The van der Waals surface area contributed by atoms with Gasteiger partial charge in [0.1, 0.15) is 11.6 Å². The molecule has 0 heterocycles. The molecule has 1 amide bonds. The zero-order valence-corrected chi connectivity index (χ0v) is 12.7. The van der Waals surface area contributed by atoms with Gasteiger partial charge in [-0.1, -0.05) is 15.9 Å². The second kappa shape index (κ2) is 7.08. The number of nitrogens with two attached hydrogens (primary N) is 1. The van der Waals surface area contributed by atoms with Crippen molar-refractivity contribution in [3.8, 4) is 5.75 Å². The highest BCUT2D eigenvalue weighted by Crippen LogP contribution is 2.20. The molecule has 0 aliphatic rings. The average molecular weight is 353 g/mol. The zero-order chi connectivity index (χ0) is 15.2. The lowest BCUT2D eigenvalue weighted by Crippen LogP contribution is -2.15. The fraction of sp³-hybridized carbons (Fsp3) is 0.133. The van der Waals surface area contributed by atoms with Crippen molar-refractivity contribution in [1.29, 1.82) is 0 Å². The van der Waals surface area contributed by atoms with Crippen molar-refractivity contribution in [3.05, 3.63) is 52.8 Å². The summed E-state index contributed by atoms with van der Waals surface area (Å²) in [5.41, 5.74) is 6.86. The SMILES string of the molecule is Nc1ccc(NC(=O)CCOc2cc(F)cc(Br)c2)cc1. The average Bonchev–Trinajstić information content (AvgIpc) is 2.40. The van der Waals surface area contributed by atoms with Crippen molar-refractivity contribution in [2.24, 2.45) is 0 Å². The van der Waals surface area contributed by atoms with Crippen molar-refractivity contribution in [2.75, 3.05) is 17.7 Å². The van der Waals surface area contributed by atoms with Crippen LogP contribution in [0.2, 0.25) is 0 Å². The van der Waals surface area contributed by atoms with E-state index in [1.807, 2.05) is 0 Å². The number of halogens is 2. The number of nitrogens with one attached hydrogen (secondary N) is 1. The minimum absolute atomic E-state index is 0.163. The molecule has 4 nitrogen and oxygen atoms in total. The molecular formula is C15H14BrFN2O2. The Morgan fingerprint density at radius 1 is 1.24 bits per heavy atom. The molecule has 21 heavy (non-hydrogen) atoms. The van der Waals surface area contributed by atoms with E-state index >= 15 is 0 Å². The summed E-state index contributed by atoms with van der Waals surface area (Å²) in [7, 11) is 0. The Kier molecular flexibility index (Phi) is 5.16. The number of anilines is 2. The molecule has 3 N–H and O–H groups in total. The number of hydrogen-bond donors (Lipinski definition) is 2. The number of carbonyl (C=O) groups is 1. The van der Waals surface area contributed by atoms with E-state index in [0.717, 1.165) is 0 Å². The summed E-state index contributed by atoms with van der Waals surface area (Å²) in [6.45, 7) is 0.163. The van der Waals surface area contributed by atoms with Gasteiger partial charge < -0.3 is 15.8 Å². The number of benzene rings is 2. The highest BCUT2D eigenvalue weighted by atomic mass is 79.9. The first-order valence-electron chi connectivity index (χ1n) is 6.27. The maximum absolute atomic E-state index is 13.1. The number of amides is 1. The number of rotatable bonds is 5. The van der Waals surface area contributed by atoms with Gasteiger partial charge in [-0.05, 0) is 36.4 Å². The molecule has 0 bridgehead atoms. The van der Waals surface area contributed by atoms with E-state index in [0.29, 0.717) is 21.6 Å². The molecule has 2 aromatic rings. The third-order valence-corrected chi connectivity index (χ3v) is 3.09. The summed E-state index contributed by atoms with van der Waals surface area (Å²) in [5.74, 6) is -0.205. The van der Waals surface area contributed by atoms with Crippen LogP contribution in [0.4, 0.5) is 15.8 Å². The Balaban J connectivity index is 1.80. The standard InChI is InChI=1S/C15H14BrFN2O2/c16-10-7-11(17)9-14(8-10)21-6-5-15(20)19-13-3-1-12(18)2-4-13/h1-4,7-9H,5-6,18H2,(H,19,20). The molecule has 0 aliphatic heterocycles. The van der Waals surface area contributed by atoms with Gasteiger partial charge in [-0.3, -0.25) is 4.79 Å². The van der Waals surface area contributed by atoms with Gasteiger partial charge >= 0.3 is 0 Å². The largest absolute Gasteiger partial charge is 0.493 e. The zero-order valence-electron chi connectivity index (χ0n) is 11.1. The molecule has 110 valence electrons. The number of carbonyl (C=O) groups excluding carboxylic acids is 1. The molecule has 0 aromatic heterocycles. The third-order valence-electron chi connectivity index (χ3n) is 2.63. The van der Waals surface area contributed by atoms with E-state index in [-0.39, 0.29) is 18.9 Å². The van der Waals surface area contributed by atoms with Gasteiger partial charge in [0, 0.05) is 21.9 Å². The lowest BCUT2D eigenvalue weighted by Gasteiger charge is -2.08. The first-order valence-corrected chi connectivity index (χ1v) is 7.06. The molecule has 0 radical (unpaired) electrons. The summed E-state index contributed by atoms with van der Waals surface area (Å²) in [5, 5.41) is 2.72. The Hall–Kier alpha value is -2.08. The van der Waals surface area contributed by atoms with Gasteiger partial charge in [0.05, 0.1) is 13.0 Å². The van der Waals surface area contributed by atoms with Crippen molar-refractivity contribution < 1.29 is 13.9 Å². The lowest BCUT2D eigenvalue weighted by atomic mass is 10.3. The van der Waals surface area contributed by atoms with E-state index in [9.17, 15) is 9.18 Å². The number of nitrogen functional groups attached to an aromatic ring is 1. The van der Waals surface area contributed by atoms with Crippen LogP contribution in [0.15, 0.2) is 46.9 Å². The predicted molar refractivity (Wildman–Crippen MR) is 83.7 cm³/mol. The first-order chi connectivity index (χ1) is 10.0. The third kappa shape index (κ3) is 5.07. The van der Waals surface area contributed by atoms with Crippen molar-refractivity contribution in [1.82, 2.24) is 0 Å². The van der Waals surface area contributed by atoms with Crippen LogP contribution in [0.25, 0.3) is 0 Å². The first kappa shape index (κ1) is 15.3. The van der Waals surface area contributed by atoms with Crippen LogP contribution in [0.3, 0.4) is 0 Å². The van der Waals surface area contributed by atoms with E-state index in [1.165, 1.54) is 12.1 Å². The highest BCUT2D eigenvalue weighted by molar-refractivity contribution is 9.10. The molecule has 0 saturated carbocycles. The van der Waals surface area contributed by atoms with Crippen LogP contribution in [-0.2, 0) is 4.79 Å². The highest BCUT2D eigenvalue weighted by Gasteiger charge is 2.04. The van der Waals surface area contributed by atoms with Crippen molar-refractivity contribution >= 4 is 33.2 Å². The van der Waals surface area contributed by atoms with Crippen LogP contribution >= 0.6 is 15.9 Å². The van der Waals surface area contributed by atoms with Gasteiger partial charge in [0.25, 0.3) is 0 Å². The summed E-state index contributed by atoms with van der Waals surface area (Å²) in [6, 6.07) is 11.1. The summed E-state index contributed by atoms with van der Waals surface area (Å²) < 4.78 is 19.1. The topological polar surface area (TPSA) is 64.3 Å². The van der Waals surface area contributed by atoms with Crippen LogP contribution in [0.1, 0.15) is 6.42 Å². The molecule has 0 aliphatic carbocycles. The summed E-state index contributed by atoms with van der Waals surface area (Å²) >= 11 is 3.17. The monoisotopic (exact) mass is 352 g/mol. The second-order valence-corrected chi connectivity index (χ2v) is 5.29. The van der Waals surface area contributed by atoms with Crippen molar-refractivity contribution in [3.63, 3.8) is 0 Å². The van der Waals surface area contributed by atoms with Crippen LogP contribution in [0, 0.1) is 5.82 Å². The second-order valence-electron chi connectivity index (χ2n) is 4.37. The molecule has 0 saturated heterocycles. The fourth-order valence-corrected chi connectivity index (χ4v) is 2.11. The molecule has 6 heteroatoms. The Bertz CT molecular complexity index is 612. The number of ether oxygens (including phenoxy) is 1. The normalized spacial score (nSPS) is 10.2. The minimum atomic E-state index is -0.397. The van der Waals surface area contributed by atoms with Crippen LogP contribution < -0.4 is 15.8 Å². The maximum Gasteiger partial charge on any atom is 0.227 e. The summed E-state index contributed by atoms with van der Waals surface area (Å²) in [6.07, 6.45) is 0.165. The summed E-state index contributed by atoms with van der Waals surface area (Å²) in [4.78, 5) is 11.7. The molecule has 2 rings (SSSR count).